The number of ether oxygens (including phenoxy) is 1. The van der Waals surface area contributed by atoms with Crippen molar-refractivity contribution in [3.8, 4) is 5.75 Å². The minimum Gasteiger partial charge on any atom is -0.492 e. The van der Waals surface area contributed by atoms with E-state index in [4.69, 9.17) is 4.74 Å². The van der Waals surface area contributed by atoms with Crippen LogP contribution in [0.5, 0.6) is 5.75 Å². The molecule has 1 amide bonds. The molecule has 25 heavy (non-hydrogen) atoms. The van der Waals surface area contributed by atoms with Crippen molar-refractivity contribution in [2.75, 3.05) is 20.2 Å². The zero-order valence-electron chi connectivity index (χ0n) is 13.9. The standard InChI is InChI=1S/C19H19BrFNO3/c1-22(12-13-25-17-8-6-16(21)7-9-17)19(24)11-10-18(23)14-2-4-15(20)5-3-14/h2-9H,10-13H2,1H3. The highest BCUT2D eigenvalue weighted by Crippen LogP contribution is 2.13. The van der Waals surface area contributed by atoms with Crippen molar-refractivity contribution >= 4 is 27.6 Å². The molecule has 0 aliphatic carbocycles. The van der Waals surface area contributed by atoms with Crippen LogP contribution in [0.15, 0.2) is 53.0 Å². The number of hydrogen-bond donors (Lipinski definition) is 0. The van der Waals surface area contributed by atoms with Gasteiger partial charge in [0.1, 0.15) is 18.2 Å². The van der Waals surface area contributed by atoms with Crippen LogP contribution in [0.25, 0.3) is 0 Å². The van der Waals surface area contributed by atoms with E-state index in [0.717, 1.165) is 4.47 Å². The topological polar surface area (TPSA) is 46.6 Å². The Morgan fingerprint density at radius 1 is 1.04 bits per heavy atom. The summed E-state index contributed by atoms with van der Waals surface area (Å²) < 4.78 is 19.2. The summed E-state index contributed by atoms with van der Waals surface area (Å²) in [6, 6.07) is 12.8. The third kappa shape index (κ3) is 6.31. The molecular weight excluding hydrogens is 389 g/mol. The number of rotatable bonds is 8. The first-order valence-electron chi connectivity index (χ1n) is 7.87. The molecule has 0 aliphatic rings. The van der Waals surface area contributed by atoms with Crippen LogP contribution in [0, 0.1) is 5.82 Å². The van der Waals surface area contributed by atoms with Gasteiger partial charge < -0.3 is 9.64 Å². The summed E-state index contributed by atoms with van der Waals surface area (Å²) in [7, 11) is 1.67. The zero-order valence-corrected chi connectivity index (χ0v) is 15.5. The van der Waals surface area contributed by atoms with Gasteiger partial charge in [-0.1, -0.05) is 28.1 Å². The first-order chi connectivity index (χ1) is 12.0. The SMILES string of the molecule is CN(CCOc1ccc(F)cc1)C(=O)CCC(=O)c1ccc(Br)cc1. The third-order valence-electron chi connectivity index (χ3n) is 3.67. The number of likely N-dealkylation sites (N-methyl/N-ethyl adjacent to an activating group) is 1. The fraction of sp³-hybridized carbons (Fsp3) is 0.263. The quantitative estimate of drug-likeness (QED) is 0.619. The van der Waals surface area contributed by atoms with Crippen LogP contribution in [-0.4, -0.2) is 36.8 Å². The van der Waals surface area contributed by atoms with E-state index < -0.39 is 0 Å². The number of carbonyl (C=O) groups is 2. The number of carbonyl (C=O) groups excluding carboxylic acids is 2. The molecule has 0 N–H and O–H groups in total. The average Bonchev–Trinajstić information content (AvgIpc) is 2.61. The fourth-order valence-electron chi connectivity index (χ4n) is 2.15. The highest BCUT2D eigenvalue weighted by atomic mass is 79.9. The Morgan fingerprint density at radius 3 is 2.32 bits per heavy atom. The summed E-state index contributed by atoms with van der Waals surface area (Å²) in [6.07, 6.45) is 0.325. The molecule has 0 bridgehead atoms. The van der Waals surface area contributed by atoms with Crippen molar-refractivity contribution in [3.05, 3.63) is 64.4 Å². The molecule has 4 nitrogen and oxygen atoms in total. The molecule has 0 fully saturated rings. The Labute approximate surface area is 154 Å². The first kappa shape index (κ1) is 19.1. The fourth-order valence-corrected chi connectivity index (χ4v) is 2.41. The predicted molar refractivity (Wildman–Crippen MR) is 97.2 cm³/mol. The number of ketones is 1. The van der Waals surface area contributed by atoms with Crippen molar-refractivity contribution in [1.29, 1.82) is 0 Å². The number of amides is 1. The third-order valence-corrected chi connectivity index (χ3v) is 4.20. The summed E-state index contributed by atoms with van der Waals surface area (Å²) >= 11 is 3.32. The van der Waals surface area contributed by atoms with Crippen molar-refractivity contribution < 1.29 is 18.7 Å². The molecule has 0 saturated heterocycles. The van der Waals surface area contributed by atoms with Crippen LogP contribution in [0.2, 0.25) is 0 Å². The summed E-state index contributed by atoms with van der Waals surface area (Å²) in [5, 5.41) is 0. The van der Waals surface area contributed by atoms with Crippen molar-refractivity contribution in [2.24, 2.45) is 0 Å². The minimum atomic E-state index is -0.324. The second kappa shape index (κ2) is 9.32. The molecule has 0 radical (unpaired) electrons. The van der Waals surface area contributed by atoms with Gasteiger partial charge in [0, 0.05) is 29.9 Å². The van der Waals surface area contributed by atoms with Gasteiger partial charge in [0.25, 0.3) is 0 Å². The minimum absolute atomic E-state index is 0.0585. The highest BCUT2D eigenvalue weighted by molar-refractivity contribution is 9.10. The molecule has 132 valence electrons. The lowest BCUT2D eigenvalue weighted by atomic mass is 10.1. The Bertz CT molecular complexity index is 716. The van der Waals surface area contributed by atoms with Gasteiger partial charge in [-0.05, 0) is 36.4 Å². The Kier molecular flexibility index (Phi) is 7.13. The van der Waals surface area contributed by atoms with E-state index in [-0.39, 0.29) is 30.3 Å². The molecule has 0 aromatic heterocycles. The Hall–Kier alpha value is -2.21. The van der Waals surface area contributed by atoms with Crippen LogP contribution in [-0.2, 0) is 4.79 Å². The highest BCUT2D eigenvalue weighted by Gasteiger charge is 2.13. The molecule has 0 saturated carbocycles. The molecule has 6 heteroatoms. The largest absolute Gasteiger partial charge is 0.492 e. The summed E-state index contributed by atoms with van der Waals surface area (Å²) in [5.74, 6) is 0.0488. The second-order valence-corrected chi connectivity index (χ2v) is 6.46. The zero-order chi connectivity index (χ0) is 18.2. The van der Waals surface area contributed by atoms with E-state index in [1.807, 2.05) is 0 Å². The number of benzene rings is 2. The summed E-state index contributed by atoms with van der Waals surface area (Å²) in [6.45, 7) is 0.692. The van der Waals surface area contributed by atoms with E-state index in [2.05, 4.69) is 15.9 Å². The van der Waals surface area contributed by atoms with Crippen molar-refractivity contribution in [3.63, 3.8) is 0 Å². The summed E-state index contributed by atoms with van der Waals surface area (Å²) in [4.78, 5) is 25.7. The Balaban J connectivity index is 1.71. The number of nitrogens with zero attached hydrogens (tertiary/aromatic N) is 1. The molecule has 2 rings (SSSR count). The van der Waals surface area contributed by atoms with Crippen molar-refractivity contribution in [1.82, 2.24) is 4.90 Å². The maximum Gasteiger partial charge on any atom is 0.222 e. The Morgan fingerprint density at radius 2 is 1.68 bits per heavy atom. The summed E-state index contributed by atoms with van der Waals surface area (Å²) in [5.41, 5.74) is 0.596. The number of Topliss-reactive ketones (excluding diaryl/α,β-unsaturated/α-hetero) is 1. The van der Waals surface area contributed by atoms with Crippen molar-refractivity contribution in [2.45, 2.75) is 12.8 Å². The maximum atomic E-state index is 12.8. The van der Waals surface area contributed by atoms with Crippen LogP contribution in [0.3, 0.4) is 0 Å². The molecular formula is C19H19BrFNO3. The second-order valence-electron chi connectivity index (χ2n) is 5.55. The van der Waals surface area contributed by atoms with Crippen LogP contribution in [0.1, 0.15) is 23.2 Å². The monoisotopic (exact) mass is 407 g/mol. The lowest BCUT2D eigenvalue weighted by Gasteiger charge is -2.17. The predicted octanol–water partition coefficient (Wildman–Crippen LogP) is 4.09. The molecule has 0 unspecified atom stereocenters. The lowest BCUT2D eigenvalue weighted by molar-refractivity contribution is -0.130. The smallest absolute Gasteiger partial charge is 0.222 e. The van der Waals surface area contributed by atoms with Crippen LogP contribution in [0.4, 0.5) is 4.39 Å². The number of hydrogen-bond acceptors (Lipinski definition) is 3. The first-order valence-corrected chi connectivity index (χ1v) is 8.66. The van der Waals surface area contributed by atoms with Gasteiger partial charge >= 0.3 is 0 Å². The van der Waals surface area contributed by atoms with E-state index in [9.17, 15) is 14.0 Å². The van der Waals surface area contributed by atoms with Crippen LogP contribution >= 0.6 is 15.9 Å². The van der Waals surface area contributed by atoms with E-state index >= 15 is 0 Å². The average molecular weight is 408 g/mol. The van der Waals surface area contributed by atoms with Gasteiger partial charge in [-0.3, -0.25) is 9.59 Å². The lowest BCUT2D eigenvalue weighted by Crippen LogP contribution is -2.31. The molecule has 0 aliphatic heterocycles. The van der Waals surface area contributed by atoms with E-state index in [1.165, 1.54) is 29.2 Å². The number of halogens is 2. The van der Waals surface area contributed by atoms with Gasteiger partial charge in [-0.15, -0.1) is 0 Å². The molecule has 0 atom stereocenters. The van der Waals surface area contributed by atoms with E-state index in [1.54, 1.807) is 31.3 Å². The van der Waals surface area contributed by atoms with E-state index in [0.29, 0.717) is 24.5 Å². The van der Waals surface area contributed by atoms with Crippen LogP contribution < -0.4 is 4.74 Å². The van der Waals surface area contributed by atoms with Gasteiger partial charge in [0.2, 0.25) is 5.91 Å². The van der Waals surface area contributed by atoms with Gasteiger partial charge in [-0.2, -0.15) is 0 Å². The maximum absolute atomic E-state index is 12.8. The van der Waals surface area contributed by atoms with Gasteiger partial charge in [0.15, 0.2) is 5.78 Å². The van der Waals surface area contributed by atoms with Gasteiger partial charge in [-0.25, -0.2) is 4.39 Å². The molecule has 0 spiro atoms. The molecule has 2 aromatic carbocycles. The molecule has 2 aromatic rings. The van der Waals surface area contributed by atoms with Gasteiger partial charge in [0.05, 0.1) is 6.54 Å². The normalized spacial score (nSPS) is 10.4. The molecule has 0 heterocycles.